The number of aromatic nitrogens is 2. The summed E-state index contributed by atoms with van der Waals surface area (Å²) in [6.07, 6.45) is 2.43. The van der Waals surface area contributed by atoms with Gasteiger partial charge in [-0.15, -0.1) is 0 Å². The number of H-pyrrole nitrogens is 1. The Balaban J connectivity index is 1.67. The Bertz CT molecular complexity index is 1000. The van der Waals surface area contributed by atoms with Crippen molar-refractivity contribution in [3.8, 4) is 22.6 Å². The predicted molar refractivity (Wildman–Crippen MR) is 112 cm³/mol. The lowest BCUT2D eigenvalue weighted by Crippen LogP contribution is -2.19. The number of hydrogen-bond donors (Lipinski definition) is 2. The summed E-state index contributed by atoms with van der Waals surface area (Å²) in [5.41, 5.74) is 6.81. The van der Waals surface area contributed by atoms with Crippen LogP contribution < -0.4 is 0 Å². The monoisotopic (exact) mass is 374 g/mol. The number of nitrogens with zero attached hydrogens (tertiary/aromatic N) is 1. The summed E-state index contributed by atoms with van der Waals surface area (Å²) in [5, 5.41) is 9.06. The Morgan fingerprint density at radius 3 is 2.43 bits per heavy atom. The first kappa shape index (κ1) is 18.5. The van der Waals surface area contributed by atoms with E-state index in [4.69, 9.17) is 10.1 Å². The third-order valence-electron chi connectivity index (χ3n) is 5.96. The molecule has 1 aliphatic carbocycles. The molecule has 1 unspecified atom stereocenters. The molecule has 2 atom stereocenters. The van der Waals surface area contributed by atoms with E-state index in [-0.39, 0.29) is 0 Å². The molecule has 0 fully saturated rings. The van der Waals surface area contributed by atoms with Crippen LogP contribution in [-0.4, -0.2) is 21.0 Å². The molecule has 0 saturated heterocycles. The summed E-state index contributed by atoms with van der Waals surface area (Å²) in [6.45, 7) is 6.86. The highest BCUT2D eigenvalue weighted by atomic mass is 16.4. The highest BCUT2D eigenvalue weighted by Gasteiger charge is 2.28. The van der Waals surface area contributed by atoms with Crippen molar-refractivity contribution in [3.63, 3.8) is 0 Å². The van der Waals surface area contributed by atoms with E-state index in [1.54, 1.807) is 12.1 Å². The van der Waals surface area contributed by atoms with E-state index in [9.17, 15) is 4.79 Å². The first-order chi connectivity index (χ1) is 13.4. The molecule has 4 heteroatoms. The van der Waals surface area contributed by atoms with Gasteiger partial charge in [-0.25, -0.2) is 4.79 Å². The number of aromatic amines is 1. The Hall–Kier alpha value is -2.88. The fourth-order valence-corrected chi connectivity index (χ4v) is 4.23. The van der Waals surface area contributed by atoms with E-state index in [2.05, 4.69) is 37.9 Å². The molecule has 28 heavy (non-hydrogen) atoms. The molecule has 2 aromatic heterocycles. The Kier molecular flexibility index (Phi) is 4.80. The zero-order valence-corrected chi connectivity index (χ0v) is 16.6. The van der Waals surface area contributed by atoms with Crippen LogP contribution in [0.3, 0.4) is 0 Å². The Morgan fingerprint density at radius 2 is 1.75 bits per heavy atom. The fourth-order valence-electron chi connectivity index (χ4n) is 4.23. The summed E-state index contributed by atoms with van der Waals surface area (Å²) >= 11 is 0. The molecular weight excluding hydrogens is 348 g/mol. The Labute approximate surface area is 165 Å². The molecule has 4 nitrogen and oxygen atoms in total. The maximum atomic E-state index is 11.0. The van der Waals surface area contributed by atoms with Crippen LogP contribution in [0.25, 0.3) is 22.6 Å². The zero-order valence-electron chi connectivity index (χ0n) is 16.6. The molecule has 0 radical (unpaired) electrons. The van der Waals surface area contributed by atoms with Gasteiger partial charge in [0.1, 0.15) is 0 Å². The van der Waals surface area contributed by atoms with Crippen LogP contribution in [0.1, 0.15) is 67.1 Å². The number of fused-ring (bicyclic) bond motifs is 1. The van der Waals surface area contributed by atoms with Crippen molar-refractivity contribution < 1.29 is 9.90 Å². The number of carboxylic acid groups (broad SMARTS) is 1. The third kappa shape index (κ3) is 3.35. The van der Waals surface area contributed by atoms with E-state index in [1.165, 1.54) is 24.1 Å². The number of nitrogens with one attached hydrogen (secondary N) is 1. The van der Waals surface area contributed by atoms with Crippen LogP contribution >= 0.6 is 0 Å². The number of carbonyl (C=O) groups is 1. The highest BCUT2D eigenvalue weighted by molar-refractivity contribution is 5.88. The van der Waals surface area contributed by atoms with Crippen molar-refractivity contribution in [2.75, 3.05) is 0 Å². The smallest absolute Gasteiger partial charge is 0.335 e. The molecule has 0 bridgehead atoms. The largest absolute Gasteiger partial charge is 0.478 e. The highest BCUT2D eigenvalue weighted by Crippen LogP contribution is 2.42. The number of benzene rings is 1. The van der Waals surface area contributed by atoms with Crippen LogP contribution in [0, 0.1) is 5.92 Å². The summed E-state index contributed by atoms with van der Waals surface area (Å²) in [7, 11) is 0. The fraction of sp³-hybridized carbons (Fsp3) is 0.333. The van der Waals surface area contributed by atoms with Crippen LogP contribution in [0.15, 0.2) is 48.5 Å². The van der Waals surface area contributed by atoms with E-state index < -0.39 is 5.97 Å². The molecule has 2 N–H and O–H groups in total. The van der Waals surface area contributed by atoms with Gasteiger partial charge in [-0.05, 0) is 66.1 Å². The summed E-state index contributed by atoms with van der Waals surface area (Å²) in [4.78, 5) is 19.6. The molecule has 1 aliphatic rings. The molecule has 0 amide bonds. The second-order valence-corrected chi connectivity index (χ2v) is 8.17. The van der Waals surface area contributed by atoms with Gasteiger partial charge in [0.15, 0.2) is 0 Å². The number of aromatic carboxylic acids is 1. The molecule has 144 valence electrons. The molecule has 0 spiro atoms. The van der Waals surface area contributed by atoms with Gasteiger partial charge in [-0.3, -0.25) is 4.98 Å². The van der Waals surface area contributed by atoms with Crippen molar-refractivity contribution in [3.05, 3.63) is 65.4 Å². The van der Waals surface area contributed by atoms with Crippen LogP contribution in [0.4, 0.5) is 0 Å². The van der Waals surface area contributed by atoms with Gasteiger partial charge >= 0.3 is 5.97 Å². The molecule has 1 aromatic carbocycles. The summed E-state index contributed by atoms with van der Waals surface area (Å²) < 4.78 is 0. The molecule has 3 aromatic rings. The van der Waals surface area contributed by atoms with Gasteiger partial charge in [0.05, 0.1) is 17.0 Å². The lowest BCUT2D eigenvalue weighted by molar-refractivity contribution is 0.0697. The van der Waals surface area contributed by atoms with Gasteiger partial charge in [0.2, 0.25) is 0 Å². The quantitative estimate of drug-likeness (QED) is 0.582. The van der Waals surface area contributed by atoms with Crippen molar-refractivity contribution in [2.45, 2.75) is 45.4 Å². The van der Waals surface area contributed by atoms with E-state index in [1.807, 2.05) is 24.3 Å². The third-order valence-corrected chi connectivity index (χ3v) is 5.96. The van der Waals surface area contributed by atoms with Crippen LogP contribution in [0.5, 0.6) is 0 Å². The number of hydrogen-bond acceptors (Lipinski definition) is 2. The van der Waals surface area contributed by atoms with Gasteiger partial charge in [0.25, 0.3) is 0 Å². The van der Waals surface area contributed by atoms with Gasteiger partial charge in [-0.1, -0.05) is 39.0 Å². The molecule has 0 saturated carbocycles. The minimum absolute atomic E-state index is 0.292. The van der Waals surface area contributed by atoms with Gasteiger partial charge in [0, 0.05) is 17.3 Å². The molecule has 2 heterocycles. The van der Waals surface area contributed by atoms with Gasteiger partial charge < -0.3 is 10.1 Å². The number of rotatable bonds is 4. The van der Waals surface area contributed by atoms with Crippen molar-refractivity contribution in [1.82, 2.24) is 9.97 Å². The first-order valence-corrected chi connectivity index (χ1v) is 9.98. The lowest BCUT2D eigenvalue weighted by atomic mass is 9.75. The summed E-state index contributed by atoms with van der Waals surface area (Å²) in [5.74, 6) is 0.759. The molecular formula is C24H26N2O2. The van der Waals surface area contributed by atoms with Crippen LogP contribution in [-0.2, 0) is 0 Å². The minimum atomic E-state index is -0.911. The van der Waals surface area contributed by atoms with E-state index in [0.717, 1.165) is 22.6 Å². The maximum absolute atomic E-state index is 11.0. The van der Waals surface area contributed by atoms with Crippen molar-refractivity contribution in [1.29, 1.82) is 0 Å². The topological polar surface area (TPSA) is 66.0 Å². The number of carboxylic acids is 1. The Morgan fingerprint density at radius 1 is 1.04 bits per heavy atom. The standard InChI is InChI=1S/C24H26N2O2/c1-14(2)18-9-4-15(3)19-10-11-22(26-23(18)19)21-13-12-20(25-21)16-5-7-17(8-6-16)24(27)28/h5-8,10-15,18,25H,4,9H2,1-3H3,(H,27,28)/t15-,18?/m1/s1. The average molecular weight is 374 g/mol. The zero-order chi connectivity index (χ0) is 19.8. The second-order valence-electron chi connectivity index (χ2n) is 8.17. The molecule has 0 aliphatic heterocycles. The van der Waals surface area contributed by atoms with Crippen LogP contribution in [0.2, 0.25) is 0 Å². The van der Waals surface area contributed by atoms with Crippen molar-refractivity contribution in [2.24, 2.45) is 5.92 Å². The first-order valence-electron chi connectivity index (χ1n) is 9.98. The summed E-state index contributed by atoms with van der Waals surface area (Å²) in [6, 6.07) is 15.3. The normalized spacial score (nSPS) is 18.9. The minimum Gasteiger partial charge on any atom is -0.478 e. The van der Waals surface area contributed by atoms with Gasteiger partial charge in [-0.2, -0.15) is 0 Å². The van der Waals surface area contributed by atoms with E-state index >= 15 is 0 Å². The maximum Gasteiger partial charge on any atom is 0.335 e. The number of pyridine rings is 1. The average Bonchev–Trinajstić information content (AvgIpc) is 3.18. The SMILES string of the molecule is CC(C)C1CC[C@@H](C)c2ccc(-c3ccc(-c4ccc(C(=O)O)cc4)[nH]3)nc21. The van der Waals surface area contributed by atoms with E-state index in [0.29, 0.717) is 23.3 Å². The molecule has 4 rings (SSSR count). The lowest BCUT2D eigenvalue weighted by Gasteiger charge is -2.31. The van der Waals surface area contributed by atoms with Crippen molar-refractivity contribution >= 4 is 5.97 Å². The predicted octanol–water partition coefficient (Wildman–Crippen LogP) is 6.08. The second kappa shape index (κ2) is 7.27.